The fourth-order valence-electron chi connectivity index (χ4n) is 2.05. The van der Waals surface area contributed by atoms with E-state index in [2.05, 4.69) is 5.32 Å². The van der Waals surface area contributed by atoms with Crippen LogP contribution in [0.25, 0.3) is 0 Å². The van der Waals surface area contributed by atoms with Crippen LogP contribution < -0.4 is 5.32 Å². The number of carboxylic acids is 1. The fourth-order valence-corrected chi connectivity index (χ4v) is 2.28. The number of hydrogen-bond acceptors (Lipinski definition) is 2. The Morgan fingerprint density at radius 3 is 2.95 bits per heavy atom. The summed E-state index contributed by atoms with van der Waals surface area (Å²) in [5.41, 5.74) is 2.25. The van der Waals surface area contributed by atoms with Crippen LogP contribution in [-0.4, -0.2) is 11.1 Å². The highest BCUT2D eigenvalue weighted by Gasteiger charge is 2.15. The third-order valence-corrected chi connectivity index (χ3v) is 3.36. The maximum atomic E-state index is 14.0. The van der Waals surface area contributed by atoms with Crippen LogP contribution in [0.2, 0.25) is 0 Å². The van der Waals surface area contributed by atoms with Crippen molar-refractivity contribution >= 4 is 23.3 Å². The molecule has 0 unspecified atom stereocenters. The lowest BCUT2D eigenvalue weighted by molar-refractivity contribution is -0.136. The molecule has 1 aliphatic rings. The van der Waals surface area contributed by atoms with Gasteiger partial charge in [0.1, 0.15) is 5.83 Å². The second-order valence-electron chi connectivity index (χ2n) is 4.78. The van der Waals surface area contributed by atoms with Crippen LogP contribution in [0.1, 0.15) is 17.5 Å². The predicted octanol–water partition coefficient (Wildman–Crippen LogP) is 4.30. The van der Waals surface area contributed by atoms with Gasteiger partial charge in [-0.05, 0) is 24.6 Å². The highest BCUT2D eigenvalue weighted by Crippen LogP contribution is 2.28. The molecule has 0 bridgehead atoms. The lowest BCUT2D eigenvalue weighted by Crippen LogP contribution is -2.08. The van der Waals surface area contributed by atoms with Crippen LogP contribution >= 0.6 is 11.6 Å². The Balaban J connectivity index is 2.37. The molecule has 0 fully saturated rings. The summed E-state index contributed by atoms with van der Waals surface area (Å²) in [5.74, 6) is -1.32. The van der Waals surface area contributed by atoms with Gasteiger partial charge in [0.25, 0.3) is 0 Å². The van der Waals surface area contributed by atoms with Gasteiger partial charge in [-0.1, -0.05) is 41.4 Å². The van der Waals surface area contributed by atoms with Crippen molar-refractivity contribution in [3.05, 3.63) is 64.1 Å². The number of carboxylic acid groups (broad SMARTS) is 1. The quantitative estimate of drug-likeness (QED) is 0.872. The van der Waals surface area contributed by atoms with Gasteiger partial charge >= 0.3 is 5.97 Å². The lowest BCUT2D eigenvalue weighted by atomic mass is 10.1. The van der Waals surface area contributed by atoms with Gasteiger partial charge in [0.05, 0.1) is 17.2 Å². The van der Waals surface area contributed by atoms with Crippen molar-refractivity contribution in [2.75, 3.05) is 5.32 Å². The molecule has 2 N–H and O–H groups in total. The van der Waals surface area contributed by atoms with Gasteiger partial charge in [-0.2, -0.15) is 0 Å². The molecule has 0 aliphatic heterocycles. The van der Waals surface area contributed by atoms with Gasteiger partial charge in [-0.15, -0.1) is 0 Å². The van der Waals surface area contributed by atoms with Crippen molar-refractivity contribution < 1.29 is 14.3 Å². The zero-order valence-electron chi connectivity index (χ0n) is 11.5. The van der Waals surface area contributed by atoms with Crippen molar-refractivity contribution in [1.82, 2.24) is 0 Å². The molecule has 5 heteroatoms. The molecule has 110 valence electrons. The zero-order chi connectivity index (χ0) is 15.4. The number of aliphatic carboxylic acids is 1. The van der Waals surface area contributed by atoms with E-state index in [1.165, 1.54) is 0 Å². The number of allylic oxidation sites excluding steroid dienone is 5. The SMILES string of the molecule is Cc1ccc(NC2=C(F)CC=CC=C2Cl)c(CC(=O)O)c1. The van der Waals surface area contributed by atoms with Crippen LogP contribution in [0, 0.1) is 6.92 Å². The van der Waals surface area contributed by atoms with Crippen LogP contribution in [0.15, 0.2) is 53.0 Å². The number of halogens is 2. The number of rotatable bonds is 4. The minimum Gasteiger partial charge on any atom is -0.481 e. The van der Waals surface area contributed by atoms with Crippen molar-refractivity contribution in [3.63, 3.8) is 0 Å². The Bertz CT molecular complexity index is 662. The normalized spacial score (nSPS) is 14.7. The molecule has 0 saturated carbocycles. The van der Waals surface area contributed by atoms with E-state index in [0.29, 0.717) is 11.3 Å². The fraction of sp³-hybridized carbons (Fsp3) is 0.188. The van der Waals surface area contributed by atoms with E-state index in [1.54, 1.807) is 30.4 Å². The first-order valence-corrected chi connectivity index (χ1v) is 6.85. The first kappa shape index (κ1) is 15.3. The summed E-state index contributed by atoms with van der Waals surface area (Å²) in [4.78, 5) is 10.9. The van der Waals surface area contributed by atoms with Gasteiger partial charge in [0.2, 0.25) is 0 Å². The highest BCUT2D eigenvalue weighted by atomic mass is 35.5. The zero-order valence-corrected chi connectivity index (χ0v) is 12.2. The van der Waals surface area contributed by atoms with Crippen molar-refractivity contribution in [1.29, 1.82) is 0 Å². The number of anilines is 1. The highest BCUT2D eigenvalue weighted by molar-refractivity contribution is 6.32. The van der Waals surface area contributed by atoms with Gasteiger partial charge < -0.3 is 10.4 Å². The van der Waals surface area contributed by atoms with Gasteiger partial charge in [-0.3, -0.25) is 4.79 Å². The number of benzene rings is 1. The molecule has 3 nitrogen and oxygen atoms in total. The topological polar surface area (TPSA) is 49.3 Å². The lowest BCUT2D eigenvalue weighted by Gasteiger charge is -2.15. The van der Waals surface area contributed by atoms with Crippen LogP contribution in [-0.2, 0) is 11.2 Å². The molecule has 0 aromatic heterocycles. The van der Waals surface area contributed by atoms with Crippen molar-refractivity contribution in [2.45, 2.75) is 19.8 Å². The molecule has 21 heavy (non-hydrogen) atoms. The average Bonchev–Trinajstić information content (AvgIpc) is 2.55. The molecule has 0 amide bonds. The molecule has 0 heterocycles. The molecule has 1 aromatic carbocycles. The van der Waals surface area contributed by atoms with Crippen molar-refractivity contribution in [2.24, 2.45) is 0 Å². The molecule has 0 radical (unpaired) electrons. The third kappa shape index (κ3) is 3.95. The summed E-state index contributed by atoms with van der Waals surface area (Å²) in [5, 5.41) is 12.2. The summed E-state index contributed by atoms with van der Waals surface area (Å²) >= 11 is 6.05. The van der Waals surface area contributed by atoms with Gasteiger partial charge in [0.15, 0.2) is 0 Å². The molecule has 2 rings (SSSR count). The monoisotopic (exact) mass is 307 g/mol. The molecule has 1 aromatic rings. The first-order chi connectivity index (χ1) is 9.97. The minimum atomic E-state index is -0.942. The van der Waals surface area contributed by atoms with Crippen LogP contribution in [0.5, 0.6) is 0 Å². The summed E-state index contributed by atoms with van der Waals surface area (Å²) in [6, 6.07) is 5.33. The first-order valence-electron chi connectivity index (χ1n) is 6.47. The smallest absolute Gasteiger partial charge is 0.307 e. The number of hydrogen-bond donors (Lipinski definition) is 2. The van der Waals surface area contributed by atoms with Crippen LogP contribution in [0.3, 0.4) is 0 Å². The van der Waals surface area contributed by atoms with Crippen molar-refractivity contribution in [3.8, 4) is 0 Å². The molecule has 0 spiro atoms. The van der Waals surface area contributed by atoms with E-state index in [0.717, 1.165) is 5.56 Å². The maximum Gasteiger partial charge on any atom is 0.307 e. The van der Waals surface area contributed by atoms with E-state index in [9.17, 15) is 9.18 Å². The molecule has 0 atom stereocenters. The Hall–Kier alpha value is -2.07. The molecular formula is C16H15ClFNO2. The molecular weight excluding hydrogens is 293 g/mol. The Labute approximate surface area is 127 Å². The van der Waals surface area contributed by atoms with E-state index in [-0.39, 0.29) is 29.4 Å². The molecule has 1 aliphatic carbocycles. The van der Waals surface area contributed by atoms with E-state index in [4.69, 9.17) is 16.7 Å². The summed E-state index contributed by atoms with van der Waals surface area (Å²) in [7, 11) is 0. The Kier molecular flexibility index (Phi) is 4.81. The number of carbonyl (C=O) groups is 1. The predicted molar refractivity (Wildman–Crippen MR) is 82.0 cm³/mol. The summed E-state index contributed by atoms with van der Waals surface area (Å²) in [6.45, 7) is 1.87. The Morgan fingerprint density at radius 2 is 2.24 bits per heavy atom. The molecule has 0 saturated heterocycles. The second kappa shape index (κ2) is 6.59. The second-order valence-corrected chi connectivity index (χ2v) is 5.19. The standard InChI is InChI=1S/C16H15ClFNO2/c1-10-6-7-14(11(8-10)9-15(20)21)19-16-12(17)4-2-3-5-13(16)18/h2-4,6-8,19H,5,9H2,1H3,(H,20,21). The minimum absolute atomic E-state index is 0.140. The largest absolute Gasteiger partial charge is 0.481 e. The summed E-state index contributed by atoms with van der Waals surface area (Å²) < 4.78 is 14.0. The van der Waals surface area contributed by atoms with Gasteiger partial charge in [-0.25, -0.2) is 4.39 Å². The van der Waals surface area contributed by atoms with E-state index >= 15 is 0 Å². The summed E-state index contributed by atoms with van der Waals surface area (Å²) in [6.07, 6.45) is 4.96. The van der Waals surface area contributed by atoms with E-state index in [1.807, 2.05) is 13.0 Å². The number of nitrogens with one attached hydrogen (secondary N) is 1. The van der Waals surface area contributed by atoms with Gasteiger partial charge in [0, 0.05) is 12.1 Å². The maximum absolute atomic E-state index is 14.0. The van der Waals surface area contributed by atoms with Crippen LogP contribution in [0.4, 0.5) is 10.1 Å². The average molecular weight is 308 g/mol. The Morgan fingerprint density at radius 1 is 1.48 bits per heavy atom. The van der Waals surface area contributed by atoms with E-state index < -0.39 is 5.97 Å². The number of aryl methyl sites for hydroxylation is 1. The third-order valence-electron chi connectivity index (χ3n) is 3.05.